The van der Waals surface area contributed by atoms with Crippen molar-refractivity contribution in [3.8, 4) is 0 Å². The third kappa shape index (κ3) is 4.88. The fourth-order valence-corrected chi connectivity index (χ4v) is 3.16. The number of carbonyl (C=O) groups is 1. The van der Waals surface area contributed by atoms with Gasteiger partial charge in [0, 0.05) is 25.4 Å². The van der Waals surface area contributed by atoms with Crippen molar-refractivity contribution < 1.29 is 4.79 Å². The molecule has 2 rings (SSSR count). The van der Waals surface area contributed by atoms with Crippen LogP contribution < -0.4 is 0 Å². The predicted molar refractivity (Wildman–Crippen MR) is 81.3 cm³/mol. The number of carbonyl (C=O) groups excluding carboxylic acids is 1. The quantitative estimate of drug-likeness (QED) is 0.842. The minimum absolute atomic E-state index is 0.265. The van der Waals surface area contributed by atoms with Gasteiger partial charge in [-0.2, -0.15) is 11.8 Å². The summed E-state index contributed by atoms with van der Waals surface area (Å²) in [4.78, 5) is 16.3. The normalized spacial score (nSPS) is 16.4. The highest BCUT2D eigenvalue weighted by molar-refractivity contribution is 7.99. The zero-order valence-electron chi connectivity index (χ0n) is 11.5. The van der Waals surface area contributed by atoms with Crippen LogP contribution in [0.1, 0.15) is 12.0 Å². The SMILES string of the molecule is CN(CC(=O)N1CCCSCC1)Cc1ccccc1. The fourth-order valence-electron chi connectivity index (χ4n) is 2.28. The number of hydrogen-bond acceptors (Lipinski definition) is 3. The van der Waals surface area contributed by atoms with Crippen molar-refractivity contribution in [3.63, 3.8) is 0 Å². The summed E-state index contributed by atoms with van der Waals surface area (Å²) in [7, 11) is 2.01. The molecule has 0 aliphatic carbocycles. The molecular weight excluding hydrogens is 256 g/mol. The van der Waals surface area contributed by atoms with Gasteiger partial charge in [0.1, 0.15) is 0 Å². The molecule has 1 fully saturated rings. The highest BCUT2D eigenvalue weighted by atomic mass is 32.2. The van der Waals surface area contributed by atoms with Gasteiger partial charge in [0.05, 0.1) is 6.54 Å². The van der Waals surface area contributed by atoms with Crippen LogP contribution in [0.4, 0.5) is 0 Å². The Morgan fingerprint density at radius 3 is 2.84 bits per heavy atom. The Bertz CT molecular complexity index is 388. The molecule has 1 saturated heterocycles. The first-order valence-electron chi connectivity index (χ1n) is 6.83. The van der Waals surface area contributed by atoms with Crippen molar-refractivity contribution in [1.82, 2.24) is 9.80 Å². The molecule has 1 aliphatic rings. The van der Waals surface area contributed by atoms with Crippen LogP contribution in [-0.4, -0.2) is 53.9 Å². The Morgan fingerprint density at radius 1 is 1.26 bits per heavy atom. The van der Waals surface area contributed by atoms with Gasteiger partial charge < -0.3 is 4.90 Å². The third-order valence-electron chi connectivity index (χ3n) is 3.28. The van der Waals surface area contributed by atoms with Gasteiger partial charge in [-0.3, -0.25) is 9.69 Å². The van der Waals surface area contributed by atoms with E-state index in [1.807, 2.05) is 41.9 Å². The van der Waals surface area contributed by atoms with Gasteiger partial charge in [-0.1, -0.05) is 30.3 Å². The van der Waals surface area contributed by atoms with E-state index < -0.39 is 0 Å². The van der Waals surface area contributed by atoms with Crippen LogP contribution >= 0.6 is 11.8 Å². The van der Waals surface area contributed by atoms with Crippen LogP contribution in [0, 0.1) is 0 Å². The maximum absolute atomic E-state index is 12.2. The molecule has 1 aromatic rings. The average molecular weight is 278 g/mol. The molecule has 1 aromatic carbocycles. The molecule has 0 saturated carbocycles. The summed E-state index contributed by atoms with van der Waals surface area (Å²) in [6.45, 7) is 3.17. The third-order valence-corrected chi connectivity index (χ3v) is 4.32. The first-order valence-corrected chi connectivity index (χ1v) is 7.99. The Balaban J connectivity index is 1.80. The van der Waals surface area contributed by atoms with Crippen molar-refractivity contribution in [1.29, 1.82) is 0 Å². The largest absolute Gasteiger partial charge is 0.341 e. The van der Waals surface area contributed by atoms with Crippen LogP contribution in [0.25, 0.3) is 0 Å². The smallest absolute Gasteiger partial charge is 0.236 e. The molecule has 0 N–H and O–H groups in total. The molecule has 1 amide bonds. The van der Waals surface area contributed by atoms with Crippen molar-refractivity contribution in [3.05, 3.63) is 35.9 Å². The van der Waals surface area contributed by atoms with Crippen molar-refractivity contribution >= 4 is 17.7 Å². The standard InChI is InChI=1S/C15H22N2OS/c1-16(12-14-6-3-2-4-7-14)13-15(18)17-8-5-10-19-11-9-17/h2-4,6-7H,5,8-13H2,1H3. The van der Waals surface area contributed by atoms with E-state index in [0.717, 1.165) is 31.8 Å². The first-order chi connectivity index (χ1) is 9.25. The van der Waals surface area contributed by atoms with E-state index in [1.54, 1.807) is 0 Å². The van der Waals surface area contributed by atoms with E-state index in [-0.39, 0.29) is 5.91 Å². The highest BCUT2D eigenvalue weighted by Gasteiger charge is 2.17. The monoisotopic (exact) mass is 278 g/mol. The van der Waals surface area contributed by atoms with E-state index in [1.165, 1.54) is 11.3 Å². The van der Waals surface area contributed by atoms with E-state index in [0.29, 0.717) is 6.54 Å². The number of thioether (sulfide) groups is 1. The number of amides is 1. The Labute approximate surface area is 120 Å². The van der Waals surface area contributed by atoms with E-state index in [4.69, 9.17) is 0 Å². The van der Waals surface area contributed by atoms with E-state index in [9.17, 15) is 4.79 Å². The Morgan fingerprint density at radius 2 is 2.05 bits per heavy atom. The molecule has 1 heterocycles. The highest BCUT2D eigenvalue weighted by Crippen LogP contribution is 2.10. The summed E-state index contributed by atoms with van der Waals surface area (Å²) in [5.41, 5.74) is 1.25. The number of benzene rings is 1. The van der Waals surface area contributed by atoms with E-state index >= 15 is 0 Å². The minimum atomic E-state index is 0.265. The van der Waals surface area contributed by atoms with Gasteiger partial charge in [-0.25, -0.2) is 0 Å². The van der Waals surface area contributed by atoms with Gasteiger partial charge in [-0.05, 0) is 24.8 Å². The Kier molecular flexibility index (Phi) is 5.73. The van der Waals surface area contributed by atoms with Gasteiger partial charge in [-0.15, -0.1) is 0 Å². The van der Waals surface area contributed by atoms with Gasteiger partial charge in [0.2, 0.25) is 5.91 Å². The minimum Gasteiger partial charge on any atom is -0.341 e. The zero-order valence-corrected chi connectivity index (χ0v) is 12.4. The van der Waals surface area contributed by atoms with Crippen LogP contribution in [0.15, 0.2) is 30.3 Å². The molecule has 0 atom stereocenters. The predicted octanol–water partition coefficient (Wildman–Crippen LogP) is 2.08. The average Bonchev–Trinajstić information content (AvgIpc) is 2.68. The molecule has 4 heteroatoms. The number of hydrogen-bond donors (Lipinski definition) is 0. The van der Waals surface area contributed by atoms with Crippen molar-refractivity contribution in [2.45, 2.75) is 13.0 Å². The van der Waals surface area contributed by atoms with Gasteiger partial charge in [0.25, 0.3) is 0 Å². The topological polar surface area (TPSA) is 23.6 Å². The van der Waals surface area contributed by atoms with Crippen molar-refractivity contribution in [2.24, 2.45) is 0 Å². The van der Waals surface area contributed by atoms with Crippen molar-refractivity contribution in [2.75, 3.05) is 38.2 Å². The van der Waals surface area contributed by atoms with Crippen LogP contribution in [0.2, 0.25) is 0 Å². The molecule has 0 unspecified atom stereocenters. The second-order valence-electron chi connectivity index (χ2n) is 5.00. The maximum atomic E-state index is 12.2. The fraction of sp³-hybridized carbons (Fsp3) is 0.533. The van der Waals surface area contributed by atoms with Gasteiger partial charge in [0.15, 0.2) is 0 Å². The molecule has 0 radical (unpaired) electrons. The number of nitrogens with zero attached hydrogens (tertiary/aromatic N) is 2. The summed E-state index contributed by atoms with van der Waals surface area (Å²) in [5.74, 6) is 2.53. The van der Waals surface area contributed by atoms with Crippen LogP contribution in [-0.2, 0) is 11.3 Å². The van der Waals surface area contributed by atoms with Gasteiger partial charge >= 0.3 is 0 Å². The molecule has 104 valence electrons. The number of rotatable bonds is 4. The lowest BCUT2D eigenvalue weighted by atomic mass is 10.2. The van der Waals surface area contributed by atoms with E-state index in [2.05, 4.69) is 17.0 Å². The molecule has 3 nitrogen and oxygen atoms in total. The lowest BCUT2D eigenvalue weighted by Crippen LogP contribution is -2.39. The molecule has 0 bridgehead atoms. The summed E-state index contributed by atoms with van der Waals surface area (Å²) in [6.07, 6.45) is 1.12. The summed E-state index contributed by atoms with van der Waals surface area (Å²) < 4.78 is 0. The van der Waals surface area contributed by atoms with Crippen LogP contribution in [0.5, 0.6) is 0 Å². The zero-order chi connectivity index (χ0) is 13.5. The molecule has 0 spiro atoms. The lowest BCUT2D eigenvalue weighted by molar-refractivity contribution is -0.131. The molecule has 19 heavy (non-hydrogen) atoms. The Hall–Kier alpha value is -1.00. The number of likely N-dealkylation sites (N-methyl/N-ethyl adjacent to an activating group) is 1. The second-order valence-corrected chi connectivity index (χ2v) is 6.23. The lowest BCUT2D eigenvalue weighted by Gasteiger charge is -2.23. The first kappa shape index (κ1) is 14.4. The van der Waals surface area contributed by atoms with Crippen LogP contribution in [0.3, 0.4) is 0 Å². The summed E-state index contributed by atoms with van der Waals surface area (Å²) >= 11 is 1.95. The summed E-state index contributed by atoms with van der Waals surface area (Å²) in [5, 5.41) is 0. The molecule has 1 aliphatic heterocycles. The summed E-state index contributed by atoms with van der Waals surface area (Å²) in [6, 6.07) is 10.3. The second kappa shape index (κ2) is 7.56. The molecular formula is C15H22N2OS. The molecule has 0 aromatic heterocycles. The maximum Gasteiger partial charge on any atom is 0.236 e.